The fourth-order valence-corrected chi connectivity index (χ4v) is 1.94. The standard InChI is InChI=1S/C15H24N2O2/c1-3-10-17(15(18)5-4-11-19-2)14-8-6-13(12-16)7-9-14/h6-9H,3-5,10-12,16H2,1-2H3. The summed E-state index contributed by atoms with van der Waals surface area (Å²) < 4.78 is 4.98. The summed E-state index contributed by atoms with van der Waals surface area (Å²) in [7, 11) is 1.65. The summed E-state index contributed by atoms with van der Waals surface area (Å²) in [5, 5.41) is 0. The van der Waals surface area contributed by atoms with Crippen LogP contribution >= 0.6 is 0 Å². The third kappa shape index (κ3) is 5.01. The highest BCUT2D eigenvalue weighted by atomic mass is 16.5. The van der Waals surface area contributed by atoms with E-state index in [2.05, 4.69) is 6.92 Å². The van der Waals surface area contributed by atoms with Crippen LogP contribution in [0.25, 0.3) is 0 Å². The Kier molecular flexibility index (Phi) is 7.15. The number of carbonyl (C=O) groups is 1. The van der Waals surface area contributed by atoms with Crippen LogP contribution in [0.4, 0.5) is 5.69 Å². The lowest BCUT2D eigenvalue weighted by Crippen LogP contribution is -2.31. The van der Waals surface area contributed by atoms with Gasteiger partial charge in [-0.2, -0.15) is 0 Å². The van der Waals surface area contributed by atoms with Gasteiger partial charge in [-0.3, -0.25) is 4.79 Å². The number of carbonyl (C=O) groups excluding carboxylic acids is 1. The van der Waals surface area contributed by atoms with E-state index in [1.807, 2.05) is 29.2 Å². The first-order valence-electron chi connectivity index (χ1n) is 6.81. The molecule has 0 aliphatic heterocycles. The highest BCUT2D eigenvalue weighted by Gasteiger charge is 2.14. The molecule has 0 spiro atoms. The molecule has 1 rings (SSSR count). The molecule has 0 saturated heterocycles. The van der Waals surface area contributed by atoms with Crippen LogP contribution in [-0.4, -0.2) is 26.2 Å². The van der Waals surface area contributed by atoms with Crippen molar-refractivity contribution in [3.8, 4) is 0 Å². The fraction of sp³-hybridized carbons (Fsp3) is 0.533. The van der Waals surface area contributed by atoms with Crippen molar-refractivity contribution in [1.82, 2.24) is 0 Å². The minimum atomic E-state index is 0.152. The van der Waals surface area contributed by atoms with E-state index in [4.69, 9.17) is 10.5 Å². The highest BCUT2D eigenvalue weighted by Crippen LogP contribution is 2.17. The van der Waals surface area contributed by atoms with Gasteiger partial charge in [0.25, 0.3) is 0 Å². The summed E-state index contributed by atoms with van der Waals surface area (Å²) in [6.45, 7) is 3.96. The molecule has 0 heterocycles. The smallest absolute Gasteiger partial charge is 0.227 e. The van der Waals surface area contributed by atoms with E-state index in [-0.39, 0.29) is 5.91 Å². The van der Waals surface area contributed by atoms with E-state index in [0.717, 1.165) is 30.6 Å². The average Bonchev–Trinajstić information content (AvgIpc) is 2.45. The number of nitrogens with two attached hydrogens (primary N) is 1. The van der Waals surface area contributed by atoms with Gasteiger partial charge in [0.15, 0.2) is 0 Å². The monoisotopic (exact) mass is 264 g/mol. The molecule has 1 aromatic carbocycles. The summed E-state index contributed by atoms with van der Waals surface area (Å²) in [5.41, 5.74) is 7.60. The molecule has 0 radical (unpaired) electrons. The zero-order valence-electron chi connectivity index (χ0n) is 11.9. The number of benzene rings is 1. The molecule has 1 amide bonds. The van der Waals surface area contributed by atoms with Crippen LogP contribution in [0.2, 0.25) is 0 Å². The molecule has 0 atom stereocenters. The maximum Gasteiger partial charge on any atom is 0.227 e. The summed E-state index contributed by atoms with van der Waals surface area (Å²) >= 11 is 0. The van der Waals surface area contributed by atoms with Crippen LogP contribution in [0.5, 0.6) is 0 Å². The number of rotatable bonds is 8. The topological polar surface area (TPSA) is 55.6 Å². The summed E-state index contributed by atoms with van der Waals surface area (Å²) in [5.74, 6) is 0.152. The van der Waals surface area contributed by atoms with Gasteiger partial charge in [-0.15, -0.1) is 0 Å². The third-order valence-electron chi connectivity index (χ3n) is 2.97. The zero-order chi connectivity index (χ0) is 14.1. The second kappa shape index (κ2) is 8.67. The second-order valence-electron chi connectivity index (χ2n) is 4.51. The molecule has 0 aliphatic rings. The molecule has 106 valence electrons. The Morgan fingerprint density at radius 3 is 2.53 bits per heavy atom. The summed E-state index contributed by atoms with van der Waals surface area (Å²) in [6, 6.07) is 7.87. The predicted octanol–water partition coefficient (Wildman–Crippen LogP) is 2.31. The Bertz CT molecular complexity index is 376. The Labute approximate surface area is 115 Å². The van der Waals surface area contributed by atoms with Gasteiger partial charge in [0, 0.05) is 38.9 Å². The van der Waals surface area contributed by atoms with E-state index in [9.17, 15) is 4.79 Å². The fourth-order valence-electron chi connectivity index (χ4n) is 1.94. The molecule has 4 nitrogen and oxygen atoms in total. The van der Waals surface area contributed by atoms with Gasteiger partial charge < -0.3 is 15.4 Å². The Balaban J connectivity index is 2.71. The minimum absolute atomic E-state index is 0.152. The molecule has 0 saturated carbocycles. The molecular weight excluding hydrogens is 240 g/mol. The van der Waals surface area contributed by atoms with Crippen LogP contribution in [0.15, 0.2) is 24.3 Å². The maximum absolute atomic E-state index is 12.2. The Hall–Kier alpha value is -1.39. The van der Waals surface area contributed by atoms with E-state index in [1.165, 1.54) is 0 Å². The molecule has 2 N–H and O–H groups in total. The molecule has 0 fully saturated rings. The molecule has 19 heavy (non-hydrogen) atoms. The van der Waals surface area contributed by atoms with Crippen LogP contribution in [0.1, 0.15) is 31.7 Å². The molecule has 0 unspecified atom stereocenters. The molecular formula is C15H24N2O2. The number of hydrogen-bond donors (Lipinski definition) is 1. The lowest BCUT2D eigenvalue weighted by Gasteiger charge is -2.22. The van der Waals surface area contributed by atoms with E-state index < -0.39 is 0 Å². The normalized spacial score (nSPS) is 10.5. The van der Waals surface area contributed by atoms with Crippen LogP contribution < -0.4 is 10.6 Å². The lowest BCUT2D eigenvalue weighted by atomic mass is 10.1. The van der Waals surface area contributed by atoms with E-state index in [0.29, 0.717) is 19.6 Å². The van der Waals surface area contributed by atoms with Crippen molar-refractivity contribution < 1.29 is 9.53 Å². The summed E-state index contributed by atoms with van der Waals surface area (Å²) in [6.07, 6.45) is 2.22. The highest BCUT2D eigenvalue weighted by molar-refractivity contribution is 5.93. The van der Waals surface area contributed by atoms with Gasteiger partial charge >= 0.3 is 0 Å². The van der Waals surface area contributed by atoms with E-state index >= 15 is 0 Å². The lowest BCUT2D eigenvalue weighted by molar-refractivity contribution is -0.118. The van der Waals surface area contributed by atoms with Crippen molar-refractivity contribution in [2.24, 2.45) is 5.73 Å². The number of methoxy groups -OCH3 is 1. The van der Waals surface area contributed by atoms with Crippen molar-refractivity contribution in [1.29, 1.82) is 0 Å². The number of ether oxygens (including phenoxy) is 1. The zero-order valence-corrected chi connectivity index (χ0v) is 11.9. The number of anilines is 1. The quantitative estimate of drug-likeness (QED) is 0.733. The first-order chi connectivity index (χ1) is 9.22. The van der Waals surface area contributed by atoms with Crippen molar-refractivity contribution in [2.75, 3.05) is 25.2 Å². The summed E-state index contributed by atoms with van der Waals surface area (Å²) in [4.78, 5) is 14.1. The maximum atomic E-state index is 12.2. The van der Waals surface area contributed by atoms with Gasteiger partial charge in [0.2, 0.25) is 5.91 Å². The first kappa shape index (κ1) is 15.7. The SMILES string of the molecule is CCCN(C(=O)CCCOC)c1ccc(CN)cc1. The Morgan fingerprint density at radius 1 is 1.32 bits per heavy atom. The number of nitrogens with zero attached hydrogens (tertiary/aromatic N) is 1. The first-order valence-corrected chi connectivity index (χ1v) is 6.81. The largest absolute Gasteiger partial charge is 0.385 e. The molecule has 0 aromatic heterocycles. The van der Waals surface area contributed by atoms with E-state index in [1.54, 1.807) is 7.11 Å². The Morgan fingerprint density at radius 2 is 2.00 bits per heavy atom. The molecule has 0 bridgehead atoms. The molecule has 1 aromatic rings. The van der Waals surface area contributed by atoms with Gasteiger partial charge in [-0.25, -0.2) is 0 Å². The van der Waals surface area contributed by atoms with Crippen molar-refractivity contribution in [2.45, 2.75) is 32.7 Å². The number of amides is 1. The van der Waals surface area contributed by atoms with Crippen LogP contribution in [0, 0.1) is 0 Å². The second-order valence-corrected chi connectivity index (χ2v) is 4.51. The number of hydrogen-bond acceptors (Lipinski definition) is 3. The van der Waals surface area contributed by atoms with Crippen molar-refractivity contribution in [3.05, 3.63) is 29.8 Å². The average molecular weight is 264 g/mol. The predicted molar refractivity (Wildman–Crippen MR) is 78.1 cm³/mol. The van der Waals surface area contributed by atoms with Crippen LogP contribution in [0.3, 0.4) is 0 Å². The van der Waals surface area contributed by atoms with Gasteiger partial charge in [0.1, 0.15) is 0 Å². The molecule has 4 heteroatoms. The van der Waals surface area contributed by atoms with Gasteiger partial charge in [-0.1, -0.05) is 19.1 Å². The molecule has 0 aliphatic carbocycles. The van der Waals surface area contributed by atoms with Gasteiger partial charge in [0.05, 0.1) is 0 Å². The van der Waals surface area contributed by atoms with Crippen LogP contribution in [-0.2, 0) is 16.1 Å². The van der Waals surface area contributed by atoms with Gasteiger partial charge in [-0.05, 0) is 30.5 Å². The minimum Gasteiger partial charge on any atom is -0.385 e. The third-order valence-corrected chi connectivity index (χ3v) is 2.97. The van der Waals surface area contributed by atoms with Crippen molar-refractivity contribution >= 4 is 11.6 Å². The van der Waals surface area contributed by atoms with Crippen molar-refractivity contribution in [3.63, 3.8) is 0 Å².